The molecule has 0 radical (unpaired) electrons. The van der Waals surface area contributed by atoms with Crippen molar-refractivity contribution in [3.8, 4) is 0 Å². The van der Waals surface area contributed by atoms with E-state index in [1.165, 1.54) is 7.11 Å². The highest BCUT2D eigenvalue weighted by Crippen LogP contribution is 2.77. The van der Waals surface area contributed by atoms with Gasteiger partial charge in [0.25, 0.3) is 0 Å². The van der Waals surface area contributed by atoms with Gasteiger partial charge in [-0.1, -0.05) is 0 Å². The van der Waals surface area contributed by atoms with Crippen LogP contribution in [0.2, 0.25) is 0 Å². The van der Waals surface area contributed by atoms with E-state index in [1.54, 1.807) is 0 Å². The van der Waals surface area contributed by atoms with E-state index in [9.17, 15) is 28.7 Å². The summed E-state index contributed by atoms with van der Waals surface area (Å²) < 4.78 is 29.8. The smallest absolute Gasteiger partial charge is 0.343 e. The molecule has 1 saturated heterocycles. The highest BCUT2D eigenvalue weighted by Gasteiger charge is 2.68. The first-order chi connectivity index (χ1) is 9.33. The Labute approximate surface area is 124 Å². The molecule has 8 nitrogen and oxygen atoms in total. The summed E-state index contributed by atoms with van der Waals surface area (Å²) in [6.07, 6.45) is -0.600. The fourth-order valence-corrected chi connectivity index (χ4v) is 7.26. The van der Waals surface area contributed by atoms with Gasteiger partial charge in [0.1, 0.15) is 12.6 Å². The molecule has 0 amide bonds. The van der Waals surface area contributed by atoms with Crippen LogP contribution in [-0.4, -0.2) is 69.4 Å². The summed E-state index contributed by atoms with van der Waals surface area (Å²) in [5, 5.41) is 0. The van der Waals surface area contributed by atoms with E-state index in [0.29, 0.717) is 17.6 Å². The van der Waals surface area contributed by atoms with Crippen LogP contribution in [-0.2, 0) is 13.9 Å². The zero-order valence-corrected chi connectivity index (χ0v) is 14.2. The molecule has 21 heavy (non-hydrogen) atoms. The van der Waals surface area contributed by atoms with E-state index in [-0.39, 0.29) is 30.8 Å². The van der Waals surface area contributed by atoms with Gasteiger partial charge in [-0.2, -0.15) is 0 Å². The number of nitrogens with zero attached hydrogens (tertiary/aromatic N) is 1. The van der Waals surface area contributed by atoms with Crippen molar-refractivity contribution in [1.29, 1.82) is 0 Å². The van der Waals surface area contributed by atoms with E-state index < -0.39 is 20.1 Å². The lowest BCUT2D eigenvalue weighted by Crippen LogP contribution is -2.56. The van der Waals surface area contributed by atoms with Crippen LogP contribution in [0, 0.1) is 11.8 Å². The Hall–Kier alpha value is 0.220. The lowest BCUT2D eigenvalue weighted by Gasteiger charge is -2.43. The minimum absolute atomic E-state index is 0.159. The van der Waals surface area contributed by atoms with Crippen molar-refractivity contribution in [3.05, 3.63) is 0 Å². The second-order valence-corrected chi connectivity index (χ2v) is 11.2. The third-order valence-electron chi connectivity index (χ3n) is 5.02. The van der Waals surface area contributed by atoms with Gasteiger partial charge in [0.15, 0.2) is 4.90 Å². The summed E-state index contributed by atoms with van der Waals surface area (Å²) in [7, 11) is -4.39. The summed E-state index contributed by atoms with van der Waals surface area (Å²) in [4.78, 5) is 36.2. The van der Waals surface area contributed by atoms with Gasteiger partial charge in [0, 0.05) is 18.9 Å². The molecule has 2 rings (SSSR count). The first kappa shape index (κ1) is 17.6. The maximum Gasteiger partial charge on any atom is 0.343 e. The number of rotatable bonds is 3. The summed E-state index contributed by atoms with van der Waals surface area (Å²) in [6, 6.07) is 0. The second kappa shape index (κ2) is 5.11. The average Bonchev–Trinajstić information content (AvgIpc) is 2.65. The van der Waals surface area contributed by atoms with Crippen molar-refractivity contribution in [1.82, 2.24) is 0 Å². The molecular formula is C11H24NO7P2+. The van der Waals surface area contributed by atoms with Crippen LogP contribution in [0.15, 0.2) is 0 Å². The molecule has 1 saturated carbocycles. The minimum atomic E-state index is -4.94. The third kappa shape index (κ3) is 2.89. The van der Waals surface area contributed by atoms with Crippen molar-refractivity contribution in [3.63, 3.8) is 0 Å². The monoisotopic (exact) mass is 344 g/mol. The predicted octanol–water partition coefficient (Wildman–Crippen LogP) is 0.169. The van der Waals surface area contributed by atoms with Gasteiger partial charge >= 0.3 is 15.2 Å². The number of hydrogen-bond donors (Lipinski definition) is 4. The van der Waals surface area contributed by atoms with E-state index in [4.69, 9.17) is 4.74 Å². The normalized spacial score (nSPS) is 35.5. The Bertz CT molecular complexity index is 489. The molecule has 0 aromatic heterocycles. The molecule has 4 N–H and O–H groups in total. The maximum atomic E-state index is 11.9. The first-order valence-corrected chi connectivity index (χ1v) is 10.0. The van der Waals surface area contributed by atoms with Crippen molar-refractivity contribution >= 4 is 15.2 Å². The Morgan fingerprint density at radius 1 is 1.05 bits per heavy atom. The topological polar surface area (TPSA) is 124 Å². The van der Waals surface area contributed by atoms with Crippen LogP contribution in [0.3, 0.4) is 0 Å². The van der Waals surface area contributed by atoms with Crippen molar-refractivity contribution < 1.29 is 37.9 Å². The Kier molecular flexibility index (Phi) is 4.28. The van der Waals surface area contributed by atoms with Crippen molar-refractivity contribution in [2.24, 2.45) is 11.8 Å². The van der Waals surface area contributed by atoms with Crippen LogP contribution in [0.5, 0.6) is 0 Å². The molecule has 2 fully saturated rings. The Morgan fingerprint density at radius 2 is 1.57 bits per heavy atom. The maximum absolute atomic E-state index is 11.9. The van der Waals surface area contributed by atoms with Gasteiger partial charge < -0.3 is 28.8 Å². The van der Waals surface area contributed by atoms with Crippen molar-refractivity contribution in [2.75, 3.05) is 34.3 Å². The van der Waals surface area contributed by atoms with E-state index in [1.807, 2.05) is 14.1 Å². The summed E-state index contributed by atoms with van der Waals surface area (Å²) in [5.74, 6) is -0.402. The standard InChI is InChI=1S/C11H23NO7P2/c1-12(2)6-8-4-11(20(13,14)15,21(16,17)18)5-9(8)10(7-12)19-3/h8-10H,4-7H2,1-3H3,(H3-,13,14,15,16,17,18)/p+1. The molecular weight excluding hydrogens is 320 g/mol. The van der Waals surface area contributed by atoms with Gasteiger partial charge in [-0.15, -0.1) is 0 Å². The SMILES string of the molecule is COC1C[N+](C)(C)CC2CC(P(=O)(O)O)(P(=O)(O)O)CC21. The largest absolute Gasteiger partial charge is 0.375 e. The number of likely N-dealkylation sites (tertiary alicyclic amines) is 1. The molecule has 3 unspecified atom stereocenters. The quantitative estimate of drug-likeness (QED) is 0.425. The molecule has 0 aromatic carbocycles. The number of hydrogen-bond acceptors (Lipinski definition) is 3. The van der Waals surface area contributed by atoms with Crippen LogP contribution < -0.4 is 0 Å². The summed E-state index contributed by atoms with van der Waals surface area (Å²) >= 11 is 0. The third-order valence-corrected chi connectivity index (χ3v) is 9.49. The summed E-state index contributed by atoms with van der Waals surface area (Å²) in [6.45, 7) is 1.29. The second-order valence-electron chi connectivity index (χ2n) is 6.98. The molecule has 0 bridgehead atoms. The summed E-state index contributed by atoms with van der Waals surface area (Å²) in [5.41, 5.74) is 0. The zero-order chi connectivity index (χ0) is 16.3. The van der Waals surface area contributed by atoms with E-state index in [0.717, 1.165) is 0 Å². The molecule has 10 heteroatoms. The highest BCUT2D eigenvalue weighted by atomic mass is 31.2. The molecule has 0 spiro atoms. The Balaban J connectivity index is 2.44. The molecule has 1 aliphatic carbocycles. The van der Waals surface area contributed by atoms with Gasteiger partial charge in [0.2, 0.25) is 0 Å². The molecule has 0 aromatic rings. The predicted molar refractivity (Wildman–Crippen MR) is 75.7 cm³/mol. The molecule has 124 valence electrons. The molecule has 1 heterocycles. The Morgan fingerprint density at radius 3 is 2.00 bits per heavy atom. The number of methoxy groups -OCH3 is 1. The average molecular weight is 344 g/mol. The number of quaternary nitrogens is 1. The van der Waals surface area contributed by atoms with Crippen LogP contribution >= 0.6 is 15.2 Å². The molecule has 3 atom stereocenters. The van der Waals surface area contributed by atoms with Gasteiger partial charge in [-0.05, 0) is 12.8 Å². The van der Waals surface area contributed by atoms with E-state index >= 15 is 0 Å². The lowest BCUT2D eigenvalue weighted by atomic mass is 9.85. The lowest BCUT2D eigenvalue weighted by molar-refractivity contribution is -0.903. The molecule has 1 aliphatic heterocycles. The van der Waals surface area contributed by atoms with Gasteiger partial charge in [-0.25, -0.2) is 0 Å². The van der Waals surface area contributed by atoms with Crippen molar-refractivity contribution in [2.45, 2.75) is 23.8 Å². The van der Waals surface area contributed by atoms with Gasteiger partial charge in [-0.3, -0.25) is 9.13 Å². The number of ether oxygens (including phenoxy) is 1. The fourth-order valence-electron chi connectivity index (χ4n) is 4.06. The minimum Gasteiger partial charge on any atom is -0.375 e. The van der Waals surface area contributed by atoms with Crippen LogP contribution in [0.25, 0.3) is 0 Å². The first-order valence-electron chi connectivity index (χ1n) is 6.79. The zero-order valence-electron chi connectivity index (χ0n) is 12.4. The van der Waals surface area contributed by atoms with Crippen LogP contribution in [0.1, 0.15) is 12.8 Å². The number of likely N-dealkylation sites (N-methyl/N-ethyl adjacent to an activating group) is 1. The molecule has 2 aliphatic rings. The van der Waals surface area contributed by atoms with Crippen LogP contribution in [0.4, 0.5) is 0 Å². The number of fused-ring (bicyclic) bond motifs is 1. The van der Waals surface area contributed by atoms with E-state index in [2.05, 4.69) is 0 Å². The van der Waals surface area contributed by atoms with Gasteiger partial charge in [0.05, 0.1) is 20.6 Å². The number of piperidine rings is 1. The fraction of sp³-hybridized carbons (Fsp3) is 1.00. The highest BCUT2D eigenvalue weighted by molar-refractivity contribution is 7.72.